The van der Waals surface area contributed by atoms with Gasteiger partial charge in [0.25, 0.3) is 11.6 Å². The van der Waals surface area contributed by atoms with E-state index in [1.165, 1.54) is 12.3 Å². The third-order valence-corrected chi connectivity index (χ3v) is 3.47. The van der Waals surface area contributed by atoms with E-state index < -0.39 is 4.92 Å². The second-order valence-electron chi connectivity index (χ2n) is 5.36. The number of carbonyl (C=O) groups excluding carboxylic acids is 1. The molecule has 1 fully saturated rings. The number of rotatable bonds is 4. The smallest absolute Gasteiger partial charge is 0.287 e. The molecule has 1 aliphatic rings. The van der Waals surface area contributed by atoms with Crippen LogP contribution >= 0.6 is 0 Å². The minimum Gasteiger partial charge on any atom is -0.347 e. The molecule has 0 spiro atoms. The summed E-state index contributed by atoms with van der Waals surface area (Å²) in [6, 6.07) is 1.42. The highest BCUT2D eigenvalue weighted by Gasteiger charge is 2.23. The third-order valence-electron chi connectivity index (χ3n) is 3.47. The van der Waals surface area contributed by atoms with Gasteiger partial charge in [-0.05, 0) is 33.2 Å². The monoisotopic (exact) mass is 280 g/mol. The Kier molecular flexibility index (Phi) is 4.39. The zero-order valence-corrected chi connectivity index (χ0v) is 11.8. The lowest BCUT2D eigenvalue weighted by Crippen LogP contribution is -2.46. The van der Waals surface area contributed by atoms with E-state index in [9.17, 15) is 14.9 Å². The van der Waals surface area contributed by atoms with Gasteiger partial charge in [0.05, 0.1) is 11.1 Å². The topological polar surface area (TPSA) is 89.2 Å². The molecule has 0 aromatic carbocycles. The van der Waals surface area contributed by atoms with E-state index in [1.54, 1.807) is 4.57 Å². The van der Waals surface area contributed by atoms with Crippen molar-refractivity contribution in [2.24, 2.45) is 0 Å². The molecule has 1 aromatic heterocycles. The van der Waals surface area contributed by atoms with Crippen molar-refractivity contribution >= 4 is 11.6 Å². The summed E-state index contributed by atoms with van der Waals surface area (Å²) < 4.78 is 1.64. The van der Waals surface area contributed by atoms with Gasteiger partial charge in [0.2, 0.25) is 0 Å². The molecule has 1 aromatic rings. The van der Waals surface area contributed by atoms with Crippen LogP contribution in [0.1, 0.15) is 43.2 Å². The number of aromatic nitrogens is 1. The highest BCUT2D eigenvalue weighted by molar-refractivity contribution is 5.93. The zero-order chi connectivity index (χ0) is 14.7. The Morgan fingerprint density at radius 2 is 2.35 bits per heavy atom. The van der Waals surface area contributed by atoms with Gasteiger partial charge in [-0.3, -0.25) is 14.9 Å². The van der Waals surface area contributed by atoms with Crippen molar-refractivity contribution in [2.45, 2.75) is 38.8 Å². The van der Waals surface area contributed by atoms with Crippen LogP contribution in [0.25, 0.3) is 0 Å². The minimum absolute atomic E-state index is 0.00562. The zero-order valence-electron chi connectivity index (χ0n) is 11.8. The Bertz CT molecular complexity index is 504. The van der Waals surface area contributed by atoms with Crippen LogP contribution in [0.15, 0.2) is 12.3 Å². The second-order valence-corrected chi connectivity index (χ2v) is 5.36. The first-order valence-electron chi connectivity index (χ1n) is 6.87. The highest BCUT2D eigenvalue weighted by atomic mass is 16.6. The molecular weight excluding hydrogens is 260 g/mol. The van der Waals surface area contributed by atoms with E-state index in [1.807, 2.05) is 13.8 Å². The molecule has 1 aliphatic heterocycles. The van der Waals surface area contributed by atoms with Crippen molar-refractivity contribution in [3.63, 3.8) is 0 Å². The van der Waals surface area contributed by atoms with E-state index in [-0.39, 0.29) is 23.7 Å². The quantitative estimate of drug-likeness (QED) is 0.645. The van der Waals surface area contributed by atoms with Crippen LogP contribution in [-0.4, -0.2) is 34.5 Å². The van der Waals surface area contributed by atoms with Crippen molar-refractivity contribution in [3.05, 3.63) is 28.1 Å². The van der Waals surface area contributed by atoms with E-state index in [2.05, 4.69) is 10.6 Å². The molecule has 2 N–H and O–H groups in total. The standard InChI is InChI=1S/C13H20N4O3/c1-9(2)16-8-11(17(19)20)6-12(16)13(18)15-10-4-3-5-14-7-10/h6,8-10,14H,3-5,7H2,1-2H3,(H,15,18). The molecule has 2 heterocycles. The normalized spacial score (nSPS) is 19.1. The van der Waals surface area contributed by atoms with Crippen molar-refractivity contribution in [1.82, 2.24) is 15.2 Å². The van der Waals surface area contributed by atoms with Crippen LogP contribution in [0.3, 0.4) is 0 Å². The molecule has 2 rings (SSSR count). The fraction of sp³-hybridized carbons (Fsp3) is 0.615. The van der Waals surface area contributed by atoms with Crippen LogP contribution in [0, 0.1) is 10.1 Å². The predicted octanol–water partition coefficient (Wildman–Crippen LogP) is 1.46. The summed E-state index contributed by atoms with van der Waals surface area (Å²) in [6.45, 7) is 5.50. The van der Waals surface area contributed by atoms with Crippen molar-refractivity contribution in [3.8, 4) is 0 Å². The summed E-state index contributed by atoms with van der Waals surface area (Å²) in [5.74, 6) is -0.250. The van der Waals surface area contributed by atoms with E-state index in [4.69, 9.17) is 0 Å². The fourth-order valence-electron chi connectivity index (χ4n) is 2.41. The van der Waals surface area contributed by atoms with Crippen LogP contribution in [-0.2, 0) is 0 Å². The van der Waals surface area contributed by atoms with Crippen LogP contribution in [0.5, 0.6) is 0 Å². The number of hydrogen-bond acceptors (Lipinski definition) is 4. The maximum atomic E-state index is 12.3. The molecule has 1 unspecified atom stereocenters. The summed E-state index contributed by atoms with van der Waals surface area (Å²) in [7, 11) is 0. The van der Waals surface area contributed by atoms with E-state index in [0.717, 1.165) is 25.9 Å². The SMILES string of the molecule is CC(C)n1cc([N+](=O)[O-])cc1C(=O)NC1CCCNC1. The Labute approximate surface area is 117 Å². The first-order chi connectivity index (χ1) is 9.49. The second kappa shape index (κ2) is 6.04. The molecule has 110 valence electrons. The lowest BCUT2D eigenvalue weighted by molar-refractivity contribution is -0.384. The third kappa shape index (κ3) is 3.16. The predicted molar refractivity (Wildman–Crippen MR) is 74.8 cm³/mol. The largest absolute Gasteiger partial charge is 0.347 e. The Hall–Kier alpha value is -1.89. The lowest BCUT2D eigenvalue weighted by Gasteiger charge is -2.24. The number of piperidine rings is 1. The number of nitro groups is 1. The van der Waals surface area contributed by atoms with Crippen molar-refractivity contribution < 1.29 is 9.72 Å². The van der Waals surface area contributed by atoms with Gasteiger partial charge in [0, 0.05) is 24.7 Å². The number of carbonyl (C=O) groups is 1. The molecule has 0 bridgehead atoms. The Morgan fingerprint density at radius 1 is 1.60 bits per heavy atom. The van der Waals surface area contributed by atoms with Gasteiger partial charge >= 0.3 is 0 Å². The van der Waals surface area contributed by atoms with Gasteiger partial charge in [0.15, 0.2) is 0 Å². The molecule has 0 saturated carbocycles. The van der Waals surface area contributed by atoms with Crippen LogP contribution in [0.4, 0.5) is 5.69 Å². The minimum atomic E-state index is -0.474. The fourth-order valence-corrected chi connectivity index (χ4v) is 2.41. The molecule has 20 heavy (non-hydrogen) atoms. The molecular formula is C13H20N4O3. The molecule has 7 nitrogen and oxygen atoms in total. The summed E-state index contributed by atoms with van der Waals surface area (Å²) in [6.07, 6.45) is 3.37. The maximum Gasteiger partial charge on any atom is 0.287 e. The first-order valence-corrected chi connectivity index (χ1v) is 6.87. The van der Waals surface area contributed by atoms with Crippen molar-refractivity contribution in [1.29, 1.82) is 0 Å². The number of nitrogens with zero attached hydrogens (tertiary/aromatic N) is 2. The summed E-state index contributed by atoms with van der Waals surface area (Å²) in [5, 5.41) is 17.0. The highest BCUT2D eigenvalue weighted by Crippen LogP contribution is 2.21. The Morgan fingerprint density at radius 3 is 2.90 bits per heavy atom. The molecule has 0 radical (unpaired) electrons. The van der Waals surface area contributed by atoms with Gasteiger partial charge in [-0.25, -0.2) is 0 Å². The molecule has 0 aliphatic carbocycles. The number of amides is 1. The average molecular weight is 280 g/mol. The summed E-state index contributed by atoms with van der Waals surface area (Å²) in [5.41, 5.74) is 0.294. The first kappa shape index (κ1) is 14.5. The Balaban J connectivity index is 2.17. The van der Waals surface area contributed by atoms with Gasteiger partial charge in [-0.2, -0.15) is 0 Å². The van der Waals surface area contributed by atoms with Gasteiger partial charge in [0.1, 0.15) is 5.69 Å². The summed E-state index contributed by atoms with van der Waals surface area (Å²) >= 11 is 0. The molecule has 1 atom stereocenters. The summed E-state index contributed by atoms with van der Waals surface area (Å²) in [4.78, 5) is 22.7. The van der Waals surface area contributed by atoms with Gasteiger partial charge in [-0.1, -0.05) is 0 Å². The molecule has 1 saturated heterocycles. The van der Waals surface area contributed by atoms with Gasteiger partial charge < -0.3 is 15.2 Å². The maximum absolute atomic E-state index is 12.3. The number of hydrogen-bond donors (Lipinski definition) is 2. The number of nitrogens with one attached hydrogen (secondary N) is 2. The average Bonchev–Trinajstić information content (AvgIpc) is 2.85. The van der Waals surface area contributed by atoms with E-state index in [0.29, 0.717) is 5.69 Å². The van der Waals surface area contributed by atoms with Gasteiger partial charge in [-0.15, -0.1) is 0 Å². The molecule has 1 amide bonds. The van der Waals surface area contributed by atoms with Crippen LogP contribution in [0.2, 0.25) is 0 Å². The molecule has 7 heteroatoms. The van der Waals surface area contributed by atoms with E-state index >= 15 is 0 Å². The van der Waals surface area contributed by atoms with Crippen molar-refractivity contribution in [2.75, 3.05) is 13.1 Å². The lowest BCUT2D eigenvalue weighted by atomic mass is 10.1. The van der Waals surface area contributed by atoms with Crippen LogP contribution < -0.4 is 10.6 Å².